The second kappa shape index (κ2) is 8.08. The van der Waals surface area contributed by atoms with Crippen LogP contribution < -0.4 is 5.32 Å². The number of hydrogen-bond donors (Lipinski definition) is 1. The molecule has 16 heavy (non-hydrogen) atoms. The van der Waals surface area contributed by atoms with Gasteiger partial charge in [0.1, 0.15) is 0 Å². The van der Waals surface area contributed by atoms with Gasteiger partial charge < -0.3 is 5.32 Å². The van der Waals surface area contributed by atoms with Gasteiger partial charge in [0.15, 0.2) is 0 Å². The highest BCUT2D eigenvalue weighted by atomic mass is 15.2. The Labute approximate surface area is 102 Å². The maximum atomic E-state index is 3.66. The van der Waals surface area contributed by atoms with E-state index in [1.54, 1.807) is 0 Å². The fraction of sp³-hybridized carbons (Fsp3) is 1.00. The minimum atomic E-state index is 0.750. The van der Waals surface area contributed by atoms with Crippen molar-refractivity contribution in [3.05, 3.63) is 0 Å². The largest absolute Gasteiger partial charge is 0.313 e. The van der Waals surface area contributed by atoms with Crippen molar-refractivity contribution < 1.29 is 0 Å². The Balaban J connectivity index is 2.35. The molecular weight excluding hydrogens is 196 g/mol. The molecule has 0 aliphatic carbocycles. The molecule has 96 valence electrons. The Morgan fingerprint density at radius 3 is 2.62 bits per heavy atom. The molecule has 0 amide bonds. The van der Waals surface area contributed by atoms with E-state index in [1.165, 1.54) is 58.2 Å². The third kappa shape index (κ3) is 4.84. The molecule has 1 aliphatic rings. The number of hydrogen-bond acceptors (Lipinski definition) is 2. The normalized spacial score (nSPS) is 23.6. The zero-order valence-corrected chi connectivity index (χ0v) is 11.5. The monoisotopic (exact) mass is 226 g/mol. The Bertz CT molecular complexity index is 164. The van der Waals surface area contributed by atoms with Crippen molar-refractivity contribution in [3.8, 4) is 0 Å². The Morgan fingerprint density at radius 1 is 1.25 bits per heavy atom. The highest BCUT2D eigenvalue weighted by Gasteiger charge is 2.19. The molecule has 1 saturated heterocycles. The zero-order chi connectivity index (χ0) is 11.8. The summed E-state index contributed by atoms with van der Waals surface area (Å²) in [5.41, 5.74) is 0. The molecule has 1 fully saturated rings. The maximum Gasteiger partial charge on any atom is 0.0195 e. The van der Waals surface area contributed by atoms with E-state index in [0.717, 1.165) is 12.1 Å². The van der Waals surface area contributed by atoms with Gasteiger partial charge in [0.25, 0.3) is 0 Å². The van der Waals surface area contributed by atoms with E-state index in [4.69, 9.17) is 0 Å². The van der Waals surface area contributed by atoms with Crippen molar-refractivity contribution in [2.45, 2.75) is 71.4 Å². The summed E-state index contributed by atoms with van der Waals surface area (Å²) in [4.78, 5) is 2.69. The molecule has 2 heteroatoms. The van der Waals surface area contributed by atoms with E-state index in [-0.39, 0.29) is 0 Å². The third-order valence-electron chi connectivity index (χ3n) is 3.71. The Hall–Kier alpha value is -0.0800. The van der Waals surface area contributed by atoms with Gasteiger partial charge in [0.05, 0.1) is 0 Å². The SMILES string of the molecule is CCCC(C)N(CCC)CC1CCCCN1. The summed E-state index contributed by atoms with van der Waals surface area (Å²) in [6, 6.07) is 1.51. The van der Waals surface area contributed by atoms with Crippen LogP contribution in [-0.4, -0.2) is 36.6 Å². The van der Waals surface area contributed by atoms with Crippen molar-refractivity contribution in [1.29, 1.82) is 0 Å². The first-order valence-corrected chi connectivity index (χ1v) is 7.25. The summed E-state index contributed by atoms with van der Waals surface area (Å²) in [5, 5.41) is 3.66. The Kier molecular flexibility index (Phi) is 7.06. The number of rotatable bonds is 7. The average molecular weight is 226 g/mol. The molecule has 0 aromatic carbocycles. The number of nitrogens with one attached hydrogen (secondary N) is 1. The molecule has 0 radical (unpaired) electrons. The molecule has 0 spiro atoms. The van der Waals surface area contributed by atoms with Gasteiger partial charge in [0, 0.05) is 18.6 Å². The standard InChI is InChI=1S/C14H30N2/c1-4-8-13(3)16(11-5-2)12-14-9-6-7-10-15-14/h13-15H,4-12H2,1-3H3. The molecular formula is C14H30N2. The first-order valence-electron chi connectivity index (χ1n) is 7.25. The van der Waals surface area contributed by atoms with E-state index in [2.05, 4.69) is 31.0 Å². The van der Waals surface area contributed by atoms with Gasteiger partial charge in [-0.15, -0.1) is 0 Å². The van der Waals surface area contributed by atoms with Crippen molar-refractivity contribution in [2.75, 3.05) is 19.6 Å². The summed E-state index contributed by atoms with van der Waals surface area (Å²) in [7, 11) is 0. The van der Waals surface area contributed by atoms with Crippen LogP contribution in [0.25, 0.3) is 0 Å². The number of nitrogens with zero attached hydrogens (tertiary/aromatic N) is 1. The van der Waals surface area contributed by atoms with Crippen LogP contribution in [-0.2, 0) is 0 Å². The predicted octanol–water partition coefficient (Wildman–Crippen LogP) is 3.03. The summed E-state index contributed by atoms with van der Waals surface area (Å²) in [6.45, 7) is 10.7. The van der Waals surface area contributed by atoms with Gasteiger partial charge >= 0.3 is 0 Å². The van der Waals surface area contributed by atoms with Crippen LogP contribution in [0.4, 0.5) is 0 Å². The lowest BCUT2D eigenvalue weighted by Gasteiger charge is -2.34. The topological polar surface area (TPSA) is 15.3 Å². The Morgan fingerprint density at radius 2 is 2.06 bits per heavy atom. The predicted molar refractivity (Wildman–Crippen MR) is 71.9 cm³/mol. The van der Waals surface area contributed by atoms with Gasteiger partial charge in [-0.25, -0.2) is 0 Å². The maximum absolute atomic E-state index is 3.66. The summed E-state index contributed by atoms with van der Waals surface area (Å²) in [5.74, 6) is 0. The average Bonchev–Trinajstić information content (AvgIpc) is 2.30. The van der Waals surface area contributed by atoms with Gasteiger partial charge in [-0.05, 0) is 45.7 Å². The zero-order valence-electron chi connectivity index (χ0n) is 11.5. The fourth-order valence-corrected chi connectivity index (χ4v) is 2.74. The van der Waals surface area contributed by atoms with Crippen LogP contribution in [0.3, 0.4) is 0 Å². The lowest BCUT2D eigenvalue weighted by molar-refractivity contribution is 0.167. The number of piperidine rings is 1. The molecule has 1 aliphatic heterocycles. The molecule has 2 unspecified atom stereocenters. The van der Waals surface area contributed by atoms with Gasteiger partial charge in [-0.2, -0.15) is 0 Å². The van der Waals surface area contributed by atoms with Crippen LogP contribution in [0.2, 0.25) is 0 Å². The van der Waals surface area contributed by atoms with E-state index >= 15 is 0 Å². The second-order valence-corrected chi connectivity index (χ2v) is 5.28. The molecule has 2 atom stereocenters. The van der Waals surface area contributed by atoms with Crippen LogP contribution in [0.1, 0.15) is 59.3 Å². The first-order chi connectivity index (χ1) is 7.77. The van der Waals surface area contributed by atoms with E-state index < -0.39 is 0 Å². The molecule has 0 bridgehead atoms. The van der Waals surface area contributed by atoms with Gasteiger partial charge in [-0.3, -0.25) is 4.90 Å². The van der Waals surface area contributed by atoms with Crippen molar-refractivity contribution in [3.63, 3.8) is 0 Å². The minimum Gasteiger partial charge on any atom is -0.313 e. The fourth-order valence-electron chi connectivity index (χ4n) is 2.74. The van der Waals surface area contributed by atoms with Gasteiger partial charge in [0.2, 0.25) is 0 Å². The summed E-state index contributed by atoms with van der Waals surface area (Å²) < 4.78 is 0. The summed E-state index contributed by atoms with van der Waals surface area (Å²) >= 11 is 0. The van der Waals surface area contributed by atoms with Gasteiger partial charge in [-0.1, -0.05) is 26.7 Å². The molecule has 0 aromatic rings. The van der Waals surface area contributed by atoms with Crippen molar-refractivity contribution in [1.82, 2.24) is 10.2 Å². The van der Waals surface area contributed by atoms with Crippen LogP contribution >= 0.6 is 0 Å². The van der Waals surface area contributed by atoms with Crippen LogP contribution in [0.5, 0.6) is 0 Å². The quantitative estimate of drug-likeness (QED) is 0.718. The minimum absolute atomic E-state index is 0.750. The smallest absolute Gasteiger partial charge is 0.0195 e. The highest BCUT2D eigenvalue weighted by Crippen LogP contribution is 2.13. The molecule has 1 N–H and O–H groups in total. The molecule has 0 saturated carbocycles. The lowest BCUT2D eigenvalue weighted by Crippen LogP contribution is -2.46. The highest BCUT2D eigenvalue weighted by molar-refractivity contribution is 4.78. The van der Waals surface area contributed by atoms with E-state index in [0.29, 0.717) is 0 Å². The molecule has 0 aromatic heterocycles. The third-order valence-corrected chi connectivity index (χ3v) is 3.71. The van der Waals surface area contributed by atoms with E-state index in [1.807, 2.05) is 0 Å². The van der Waals surface area contributed by atoms with Crippen LogP contribution in [0.15, 0.2) is 0 Å². The first kappa shape index (κ1) is 14.0. The van der Waals surface area contributed by atoms with Crippen molar-refractivity contribution in [2.24, 2.45) is 0 Å². The molecule has 2 nitrogen and oxygen atoms in total. The molecule has 1 rings (SSSR count). The second-order valence-electron chi connectivity index (χ2n) is 5.28. The van der Waals surface area contributed by atoms with Crippen molar-refractivity contribution >= 4 is 0 Å². The van der Waals surface area contributed by atoms with Crippen LogP contribution in [0, 0.1) is 0 Å². The van der Waals surface area contributed by atoms with E-state index in [9.17, 15) is 0 Å². The summed E-state index contributed by atoms with van der Waals surface area (Å²) in [6.07, 6.45) is 8.08. The molecule has 1 heterocycles. The lowest BCUT2D eigenvalue weighted by atomic mass is 10.0.